The zero-order chi connectivity index (χ0) is 15.2. The third-order valence-corrected chi connectivity index (χ3v) is 3.85. The molecule has 0 aromatic heterocycles. The molecule has 0 aliphatic rings. The van der Waals surface area contributed by atoms with Gasteiger partial charge in [0, 0.05) is 13.7 Å². The summed E-state index contributed by atoms with van der Waals surface area (Å²) < 4.78 is 18.2. The Balaban J connectivity index is 2.66. The van der Waals surface area contributed by atoms with Crippen molar-refractivity contribution in [3.63, 3.8) is 0 Å². The molecule has 0 radical (unpaired) electrons. The van der Waals surface area contributed by atoms with E-state index in [1.807, 2.05) is 6.07 Å². The van der Waals surface area contributed by atoms with Gasteiger partial charge in [-0.15, -0.1) is 0 Å². The Morgan fingerprint density at radius 2 is 2.05 bits per heavy atom. The third kappa shape index (κ3) is 5.78. The van der Waals surface area contributed by atoms with Crippen LogP contribution in [0.25, 0.3) is 0 Å². The summed E-state index contributed by atoms with van der Waals surface area (Å²) in [6.45, 7) is 9.12. The highest BCUT2D eigenvalue weighted by Crippen LogP contribution is 2.29. The van der Waals surface area contributed by atoms with Crippen molar-refractivity contribution in [2.75, 3.05) is 26.8 Å². The molecular weight excluding hydrogens is 277 g/mol. The average Bonchev–Trinajstić information content (AvgIpc) is 2.36. The molecule has 1 atom stereocenters. The monoisotopic (exact) mass is 301 g/mol. The lowest BCUT2D eigenvalue weighted by Gasteiger charge is -2.31. The molecule has 0 heterocycles. The first-order valence-corrected chi connectivity index (χ1v) is 7.36. The van der Waals surface area contributed by atoms with Crippen molar-refractivity contribution in [1.82, 2.24) is 5.32 Å². The van der Waals surface area contributed by atoms with Crippen molar-refractivity contribution >= 4 is 11.6 Å². The fraction of sp³-hybridized carbons (Fsp3) is 0.625. The van der Waals surface area contributed by atoms with Crippen molar-refractivity contribution in [3.05, 3.63) is 34.6 Å². The van der Waals surface area contributed by atoms with Crippen molar-refractivity contribution < 1.29 is 9.13 Å². The summed E-state index contributed by atoms with van der Waals surface area (Å²) in [4.78, 5) is 0. The molecule has 0 spiro atoms. The molecule has 1 rings (SSSR count). The second kappa shape index (κ2) is 7.96. The van der Waals surface area contributed by atoms with Crippen LogP contribution < -0.4 is 5.32 Å². The van der Waals surface area contributed by atoms with Gasteiger partial charge >= 0.3 is 0 Å². The third-order valence-electron chi connectivity index (χ3n) is 3.56. The molecule has 1 aromatic rings. The van der Waals surface area contributed by atoms with E-state index in [0.29, 0.717) is 12.5 Å². The summed E-state index contributed by atoms with van der Waals surface area (Å²) in [5.41, 5.74) is 1.24. The molecule has 0 saturated heterocycles. The van der Waals surface area contributed by atoms with Gasteiger partial charge in [0.15, 0.2) is 0 Å². The fourth-order valence-electron chi connectivity index (χ4n) is 2.09. The van der Waals surface area contributed by atoms with E-state index < -0.39 is 0 Å². The van der Waals surface area contributed by atoms with Gasteiger partial charge in [-0.05, 0) is 42.0 Å². The molecule has 1 N–H and O–H groups in total. The number of halogens is 2. The normalized spacial score (nSPS) is 13.5. The maximum Gasteiger partial charge on any atom is 0.141 e. The molecule has 4 heteroatoms. The second-order valence-corrected chi connectivity index (χ2v) is 6.62. The number of hydrogen-bond acceptors (Lipinski definition) is 2. The lowest BCUT2D eigenvalue weighted by atomic mass is 9.77. The van der Waals surface area contributed by atoms with Crippen LogP contribution in [0.2, 0.25) is 5.02 Å². The zero-order valence-corrected chi connectivity index (χ0v) is 13.6. The van der Waals surface area contributed by atoms with Crippen LogP contribution >= 0.6 is 11.6 Å². The average molecular weight is 302 g/mol. The minimum atomic E-state index is -0.360. The van der Waals surface area contributed by atoms with Crippen molar-refractivity contribution in [2.24, 2.45) is 11.3 Å². The molecule has 0 amide bonds. The molecule has 20 heavy (non-hydrogen) atoms. The summed E-state index contributed by atoms with van der Waals surface area (Å²) in [5, 5.41) is 3.60. The highest BCUT2D eigenvalue weighted by molar-refractivity contribution is 6.30. The van der Waals surface area contributed by atoms with E-state index in [0.717, 1.165) is 25.1 Å². The molecule has 1 aromatic carbocycles. The minimum absolute atomic E-state index is 0.168. The Hall–Kier alpha value is -0.640. The van der Waals surface area contributed by atoms with E-state index in [1.165, 1.54) is 6.07 Å². The van der Waals surface area contributed by atoms with Crippen LogP contribution in [0.3, 0.4) is 0 Å². The Bertz CT molecular complexity index is 417. The lowest BCUT2D eigenvalue weighted by molar-refractivity contribution is 0.186. The number of rotatable bonds is 7. The van der Waals surface area contributed by atoms with Gasteiger partial charge in [-0.2, -0.15) is 0 Å². The number of methoxy groups -OCH3 is 1. The largest absolute Gasteiger partial charge is 0.383 e. The summed E-state index contributed by atoms with van der Waals surface area (Å²) in [6, 6.07) is 4.98. The molecule has 1 unspecified atom stereocenters. The van der Waals surface area contributed by atoms with Crippen LogP contribution in [0.15, 0.2) is 18.2 Å². The second-order valence-electron chi connectivity index (χ2n) is 6.21. The van der Waals surface area contributed by atoms with Crippen molar-refractivity contribution in [2.45, 2.75) is 27.2 Å². The quantitative estimate of drug-likeness (QED) is 0.771. The molecule has 0 aliphatic carbocycles. The molecule has 0 saturated carbocycles. The maximum atomic E-state index is 13.2. The summed E-state index contributed by atoms with van der Waals surface area (Å²) in [6.07, 6.45) is 0.878. The molecule has 2 nitrogen and oxygen atoms in total. The predicted octanol–water partition coefficient (Wildman–Crippen LogP) is 3.92. The summed E-state index contributed by atoms with van der Waals surface area (Å²) >= 11 is 5.85. The molecular formula is C16H25ClFNO. The van der Waals surface area contributed by atoms with Crippen LogP contribution in [0.5, 0.6) is 0 Å². The van der Waals surface area contributed by atoms with Gasteiger partial charge in [-0.1, -0.05) is 38.4 Å². The highest BCUT2D eigenvalue weighted by Gasteiger charge is 2.24. The van der Waals surface area contributed by atoms with E-state index in [4.69, 9.17) is 16.3 Å². The SMILES string of the molecule is COCCNCC(Cc1ccc(F)c(Cl)c1)C(C)(C)C. The highest BCUT2D eigenvalue weighted by atomic mass is 35.5. The van der Waals surface area contributed by atoms with Crippen LogP contribution in [0.1, 0.15) is 26.3 Å². The van der Waals surface area contributed by atoms with Crippen molar-refractivity contribution in [3.8, 4) is 0 Å². The van der Waals surface area contributed by atoms with Gasteiger partial charge in [-0.3, -0.25) is 0 Å². The smallest absolute Gasteiger partial charge is 0.141 e. The van der Waals surface area contributed by atoms with Gasteiger partial charge in [0.2, 0.25) is 0 Å². The molecule has 0 aliphatic heterocycles. The first-order valence-electron chi connectivity index (χ1n) is 6.98. The first kappa shape index (κ1) is 17.4. The first-order chi connectivity index (χ1) is 9.34. The van der Waals surface area contributed by atoms with E-state index in [2.05, 4.69) is 26.1 Å². The van der Waals surface area contributed by atoms with E-state index in [1.54, 1.807) is 13.2 Å². The number of ether oxygens (including phenoxy) is 1. The molecule has 114 valence electrons. The topological polar surface area (TPSA) is 21.3 Å². The molecule has 0 fully saturated rings. The number of nitrogens with one attached hydrogen (secondary N) is 1. The Morgan fingerprint density at radius 3 is 2.60 bits per heavy atom. The van der Waals surface area contributed by atoms with E-state index in [-0.39, 0.29) is 16.3 Å². The number of benzene rings is 1. The summed E-state index contributed by atoms with van der Waals surface area (Å²) in [7, 11) is 1.70. The Labute approximate surface area is 126 Å². The van der Waals surface area contributed by atoms with Gasteiger partial charge in [0.1, 0.15) is 5.82 Å². The standard InChI is InChI=1S/C16H25ClFNO/c1-16(2,3)13(11-19-7-8-20-4)9-12-5-6-15(18)14(17)10-12/h5-6,10,13,19H,7-9,11H2,1-4H3. The minimum Gasteiger partial charge on any atom is -0.383 e. The zero-order valence-electron chi connectivity index (χ0n) is 12.8. The van der Waals surface area contributed by atoms with Crippen LogP contribution in [0, 0.1) is 17.2 Å². The lowest BCUT2D eigenvalue weighted by Crippen LogP contribution is -2.34. The van der Waals surface area contributed by atoms with E-state index >= 15 is 0 Å². The van der Waals surface area contributed by atoms with Crippen LogP contribution in [-0.4, -0.2) is 26.8 Å². The van der Waals surface area contributed by atoms with Gasteiger partial charge in [0.25, 0.3) is 0 Å². The van der Waals surface area contributed by atoms with Gasteiger partial charge in [0.05, 0.1) is 11.6 Å². The van der Waals surface area contributed by atoms with Gasteiger partial charge < -0.3 is 10.1 Å². The Kier molecular flexibility index (Phi) is 6.93. The van der Waals surface area contributed by atoms with Crippen LogP contribution in [0.4, 0.5) is 4.39 Å². The predicted molar refractivity (Wildman–Crippen MR) is 82.8 cm³/mol. The Morgan fingerprint density at radius 1 is 1.35 bits per heavy atom. The maximum absolute atomic E-state index is 13.2. The molecule has 0 bridgehead atoms. The summed E-state index contributed by atoms with van der Waals surface area (Å²) in [5.74, 6) is 0.0850. The fourth-order valence-corrected chi connectivity index (χ4v) is 2.29. The van der Waals surface area contributed by atoms with Crippen LogP contribution in [-0.2, 0) is 11.2 Å². The number of hydrogen-bond donors (Lipinski definition) is 1. The van der Waals surface area contributed by atoms with Gasteiger partial charge in [-0.25, -0.2) is 4.39 Å². The van der Waals surface area contributed by atoms with E-state index in [9.17, 15) is 4.39 Å². The van der Waals surface area contributed by atoms with Crippen molar-refractivity contribution in [1.29, 1.82) is 0 Å².